The van der Waals surface area contributed by atoms with E-state index in [4.69, 9.17) is 14.5 Å². The summed E-state index contributed by atoms with van der Waals surface area (Å²) in [7, 11) is 1.96. The molecular weight excluding hydrogens is 398 g/mol. The molecule has 1 aromatic heterocycles. The lowest BCUT2D eigenvalue weighted by molar-refractivity contribution is -0.149. The van der Waals surface area contributed by atoms with E-state index in [2.05, 4.69) is 25.3 Å². The Morgan fingerprint density at radius 3 is 2.61 bits per heavy atom. The molecule has 174 valence electrons. The Bertz CT molecular complexity index is 723. The Kier molecular flexibility index (Phi) is 9.08. The fraction of sp³-hybridized carbons (Fsp3) is 0.810. The molecule has 0 amide bonds. The highest BCUT2D eigenvalue weighted by molar-refractivity contribution is 5.80. The van der Waals surface area contributed by atoms with E-state index in [1.165, 1.54) is 0 Å². The van der Waals surface area contributed by atoms with Crippen molar-refractivity contribution in [2.24, 2.45) is 18.0 Å². The summed E-state index contributed by atoms with van der Waals surface area (Å²) < 4.78 is 12.6. The summed E-state index contributed by atoms with van der Waals surface area (Å²) in [6.07, 6.45) is 2.62. The van der Waals surface area contributed by atoms with Gasteiger partial charge in [-0.2, -0.15) is 0 Å². The van der Waals surface area contributed by atoms with Gasteiger partial charge in [-0.3, -0.25) is 9.69 Å². The molecule has 0 spiro atoms. The van der Waals surface area contributed by atoms with Gasteiger partial charge in [0.25, 0.3) is 0 Å². The lowest BCUT2D eigenvalue weighted by Gasteiger charge is -2.33. The zero-order valence-corrected chi connectivity index (χ0v) is 19.2. The van der Waals surface area contributed by atoms with Crippen molar-refractivity contribution < 1.29 is 14.3 Å². The molecule has 0 saturated carbocycles. The molecule has 10 heteroatoms. The zero-order chi connectivity index (χ0) is 22.1. The predicted molar refractivity (Wildman–Crippen MR) is 118 cm³/mol. The number of carbonyl (C=O) groups is 1. The molecule has 2 aliphatic rings. The third-order valence-corrected chi connectivity index (χ3v) is 6.01. The van der Waals surface area contributed by atoms with E-state index in [1.54, 1.807) is 0 Å². The first-order valence-electron chi connectivity index (χ1n) is 11.4. The molecule has 3 heterocycles. The standard InChI is InChI=1S/C21H37N7O3/c1-4-31-20(29)18-6-10-28(11-7-18)21(23-16-19-25-24-17(2)26(19)3)22-8-5-9-27-12-14-30-15-13-27/h18H,4-16H2,1-3H3,(H,22,23). The van der Waals surface area contributed by atoms with Crippen molar-refractivity contribution >= 4 is 11.9 Å². The summed E-state index contributed by atoms with van der Waals surface area (Å²) >= 11 is 0. The Morgan fingerprint density at radius 2 is 1.97 bits per heavy atom. The molecule has 10 nitrogen and oxygen atoms in total. The van der Waals surface area contributed by atoms with Gasteiger partial charge >= 0.3 is 5.97 Å². The zero-order valence-electron chi connectivity index (χ0n) is 19.2. The predicted octanol–water partition coefficient (Wildman–Crippen LogP) is 0.567. The van der Waals surface area contributed by atoms with Crippen LogP contribution in [0.2, 0.25) is 0 Å². The van der Waals surface area contributed by atoms with E-state index in [-0.39, 0.29) is 11.9 Å². The average Bonchev–Trinajstić information content (AvgIpc) is 3.12. The van der Waals surface area contributed by atoms with E-state index in [1.807, 2.05) is 25.5 Å². The molecule has 3 rings (SSSR count). The molecule has 0 aliphatic carbocycles. The number of nitrogens with one attached hydrogen (secondary N) is 1. The van der Waals surface area contributed by atoms with Crippen LogP contribution in [0.15, 0.2) is 4.99 Å². The molecular formula is C21H37N7O3. The number of carbonyl (C=O) groups excluding carboxylic acids is 1. The molecule has 2 fully saturated rings. The van der Waals surface area contributed by atoms with Crippen LogP contribution in [0.5, 0.6) is 0 Å². The number of hydrogen-bond donors (Lipinski definition) is 1. The summed E-state index contributed by atoms with van der Waals surface area (Å²) in [6.45, 7) is 11.9. The summed E-state index contributed by atoms with van der Waals surface area (Å²) in [6, 6.07) is 0. The Balaban J connectivity index is 1.55. The SMILES string of the molecule is CCOC(=O)C1CCN(C(=NCc2nnc(C)n2C)NCCCN2CCOCC2)CC1. The minimum Gasteiger partial charge on any atom is -0.466 e. The van der Waals surface area contributed by atoms with Gasteiger partial charge < -0.3 is 24.3 Å². The van der Waals surface area contributed by atoms with Crippen LogP contribution in [0.3, 0.4) is 0 Å². The fourth-order valence-corrected chi connectivity index (χ4v) is 3.92. The highest BCUT2D eigenvalue weighted by Crippen LogP contribution is 2.19. The molecule has 1 N–H and O–H groups in total. The highest BCUT2D eigenvalue weighted by atomic mass is 16.5. The van der Waals surface area contributed by atoms with Crippen molar-refractivity contribution in [3.63, 3.8) is 0 Å². The molecule has 1 aromatic rings. The lowest BCUT2D eigenvalue weighted by Crippen LogP contribution is -2.47. The lowest BCUT2D eigenvalue weighted by atomic mass is 9.97. The number of likely N-dealkylation sites (tertiary alicyclic amines) is 1. The number of aromatic nitrogens is 3. The Morgan fingerprint density at radius 1 is 1.23 bits per heavy atom. The Hall–Kier alpha value is -2.20. The van der Waals surface area contributed by atoms with Crippen molar-refractivity contribution in [2.45, 2.75) is 39.7 Å². The number of piperidine rings is 1. The van der Waals surface area contributed by atoms with E-state index in [0.717, 1.165) is 89.4 Å². The first kappa shape index (κ1) is 23.5. The maximum atomic E-state index is 12.1. The number of aliphatic imine (C=N–C) groups is 1. The van der Waals surface area contributed by atoms with E-state index in [9.17, 15) is 4.79 Å². The molecule has 0 radical (unpaired) electrons. The molecule has 31 heavy (non-hydrogen) atoms. The second-order valence-electron chi connectivity index (χ2n) is 8.11. The first-order chi connectivity index (χ1) is 15.1. The number of rotatable bonds is 8. The molecule has 0 bridgehead atoms. The molecule has 0 atom stereocenters. The van der Waals surface area contributed by atoms with Gasteiger partial charge in [-0.1, -0.05) is 0 Å². The molecule has 2 saturated heterocycles. The van der Waals surface area contributed by atoms with Gasteiger partial charge in [0.1, 0.15) is 12.4 Å². The second kappa shape index (κ2) is 12.0. The van der Waals surface area contributed by atoms with Crippen molar-refractivity contribution in [3.8, 4) is 0 Å². The van der Waals surface area contributed by atoms with Crippen molar-refractivity contribution in [2.75, 3.05) is 59.1 Å². The smallest absolute Gasteiger partial charge is 0.309 e. The van der Waals surface area contributed by atoms with Gasteiger partial charge in [-0.15, -0.1) is 10.2 Å². The number of hydrogen-bond acceptors (Lipinski definition) is 7. The van der Waals surface area contributed by atoms with Crippen LogP contribution in [-0.4, -0.2) is 95.6 Å². The monoisotopic (exact) mass is 435 g/mol. The van der Waals surface area contributed by atoms with Gasteiger partial charge in [0.2, 0.25) is 0 Å². The summed E-state index contributed by atoms with van der Waals surface area (Å²) in [5.41, 5.74) is 0. The second-order valence-corrected chi connectivity index (χ2v) is 8.11. The molecule has 2 aliphatic heterocycles. The summed E-state index contributed by atoms with van der Waals surface area (Å²) in [5.74, 6) is 2.51. The molecule has 0 aromatic carbocycles. The number of ether oxygens (including phenoxy) is 2. The quantitative estimate of drug-likeness (QED) is 0.274. The van der Waals surface area contributed by atoms with Gasteiger partial charge in [-0.25, -0.2) is 4.99 Å². The Labute approximate surface area is 185 Å². The van der Waals surface area contributed by atoms with Crippen LogP contribution in [0, 0.1) is 12.8 Å². The summed E-state index contributed by atoms with van der Waals surface area (Å²) in [5, 5.41) is 11.9. The number of aryl methyl sites for hydroxylation is 1. The van der Waals surface area contributed by atoms with Crippen LogP contribution >= 0.6 is 0 Å². The highest BCUT2D eigenvalue weighted by Gasteiger charge is 2.27. The summed E-state index contributed by atoms with van der Waals surface area (Å²) in [4.78, 5) is 21.6. The van der Waals surface area contributed by atoms with E-state index in [0.29, 0.717) is 13.2 Å². The van der Waals surface area contributed by atoms with Crippen molar-refractivity contribution in [1.29, 1.82) is 0 Å². The minimum absolute atomic E-state index is 0.0137. The number of nitrogens with zero attached hydrogens (tertiary/aromatic N) is 6. The van der Waals surface area contributed by atoms with Crippen molar-refractivity contribution in [3.05, 3.63) is 11.6 Å². The number of esters is 1. The van der Waals surface area contributed by atoms with Gasteiger partial charge in [0.05, 0.1) is 25.7 Å². The minimum atomic E-state index is -0.0753. The van der Waals surface area contributed by atoms with Crippen LogP contribution < -0.4 is 5.32 Å². The topological polar surface area (TPSA) is 97.1 Å². The van der Waals surface area contributed by atoms with E-state index < -0.39 is 0 Å². The average molecular weight is 436 g/mol. The van der Waals surface area contributed by atoms with Crippen LogP contribution in [0.25, 0.3) is 0 Å². The number of morpholine rings is 1. The maximum absolute atomic E-state index is 12.1. The fourth-order valence-electron chi connectivity index (χ4n) is 3.92. The first-order valence-corrected chi connectivity index (χ1v) is 11.4. The number of guanidine groups is 1. The van der Waals surface area contributed by atoms with Crippen molar-refractivity contribution in [1.82, 2.24) is 29.9 Å². The third-order valence-electron chi connectivity index (χ3n) is 6.01. The van der Waals surface area contributed by atoms with Gasteiger partial charge in [-0.05, 0) is 39.7 Å². The van der Waals surface area contributed by atoms with Crippen LogP contribution in [0.4, 0.5) is 0 Å². The van der Waals surface area contributed by atoms with Gasteiger partial charge in [0, 0.05) is 39.8 Å². The van der Waals surface area contributed by atoms with Crippen LogP contribution in [0.1, 0.15) is 37.8 Å². The van der Waals surface area contributed by atoms with Crippen LogP contribution in [-0.2, 0) is 27.9 Å². The van der Waals surface area contributed by atoms with Gasteiger partial charge in [0.15, 0.2) is 11.8 Å². The largest absolute Gasteiger partial charge is 0.466 e. The maximum Gasteiger partial charge on any atom is 0.309 e. The normalized spacial score (nSPS) is 18.9. The van der Waals surface area contributed by atoms with E-state index >= 15 is 0 Å². The third kappa shape index (κ3) is 6.90. The molecule has 0 unspecified atom stereocenters.